The number of ether oxygens (including phenoxy) is 1. The number of nitrogens with zero attached hydrogens (tertiary/aromatic N) is 1. The number of H-pyrrole nitrogens is 1. The molecule has 1 fully saturated rings. The number of fused-ring (bicyclic) bond motifs is 5. The van der Waals surface area contributed by atoms with Gasteiger partial charge in [-0.1, -0.05) is 36.4 Å². The van der Waals surface area contributed by atoms with Crippen molar-refractivity contribution in [1.82, 2.24) is 15.6 Å². The number of hydrogen-bond acceptors (Lipinski definition) is 3. The summed E-state index contributed by atoms with van der Waals surface area (Å²) in [6.07, 6.45) is 3.36. The van der Waals surface area contributed by atoms with E-state index in [-0.39, 0.29) is 18.0 Å². The van der Waals surface area contributed by atoms with Crippen LogP contribution in [0.25, 0.3) is 10.9 Å². The van der Waals surface area contributed by atoms with Gasteiger partial charge in [0.25, 0.3) is 5.91 Å². The molecule has 35 heavy (non-hydrogen) atoms. The first-order chi connectivity index (χ1) is 17.0. The number of nitrogens with one attached hydrogen (secondary N) is 3. The zero-order valence-corrected chi connectivity index (χ0v) is 19.4. The van der Waals surface area contributed by atoms with Gasteiger partial charge in [-0.3, -0.25) is 9.69 Å². The van der Waals surface area contributed by atoms with E-state index in [1.54, 1.807) is 29.2 Å². The summed E-state index contributed by atoms with van der Waals surface area (Å²) in [6, 6.07) is 22.7. The number of carbonyl (C=O) groups excluding carboxylic acids is 2. The van der Waals surface area contributed by atoms with Crippen LogP contribution in [-0.2, 0) is 6.42 Å². The monoisotopic (exact) mass is 466 g/mol. The molecule has 0 unspecified atom stereocenters. The highest BCUT2D eigenvalue weighted by Crippen LogP contribution is 2.45. The minimum Gasteiger partial charge on any atom is -0.467 e. The van der Waals surface area contributed by atoms with Crippen molar-refractivity contribution in [3.63, 3.8) is 0 Å². The summed E-state index contributed by atoms with van der Waals surface area (Å²) in [4.78, 5) is 30.7. The van der Waals surface area contributed by atoms with Crippen molar-refractivity contribution in [3.8, 4) is 5.75 Å². The van der Waals surface area contributed by atoms with Crippen molar-refractivity contribution in [2.75, 3.05) is 11.4 Å². The molecule has 2 aliphatic rings. The second-order valence-electron chi connectivity index (χ2n) is 9.27. The Hall–Kier alpha value is -4.26. The van der Waals surface area contributed by atoms with E-state index in [0.29, 0.717) is 24.2 Å². The van der Waals surface area contributed by atoms with Gasteiger partial charge in [-0.15, -0.1) is 0 Å². The van der Waals surface area contributed by atoms with Crippen molar-refractivity contribution in [2.45, 2.75) is 31.5 Å². The maximum atomic E-state index is 13.0. The molecule has 0 aliphatic carbocycles. The van der Waals surface area contributed by atoms with Crippen molar-refractivity contribution in [2.24, 2.45) is 0 Å². The molecule has 7 heteroatoms. The Morgan fingerprint density at radius 2 is 1.86 bits per heavy atom. The fourth-order valence-electron chi connectivity index (χ4n) is 5.23. The predicted molar refractivity (Wildman–Crippen MR) is 135 cm³/mol. The molecular formula is C28H26N4O3. The Morgan fingerprint density at radius 3 is 2.71 bits per heavy atom. The molecule has 176 valence electrons. The largest absolute Gasteiger partial charge is 0.467 e. The second-order valence-corrected chi connectivity index (χ2v) is 9.27. The average molecular weight is 467 g/mol. The molecule has 2 bridgehead atoms. The number of aromatic nitrogens is 1. The van der Waals surface area contributed by atoms with Gasteiger partial charge in [0.1, 0.15) is 5.75 Å². The van der Waals surface area contributed by atoms with Crippen LogP contribution in [0.4, 0.5) is 10.5 Å². The van der Waals surface area contributed by atoms with Gasteiger partial charge in [-0.25, -0.2) is 4.79 Å². The van der Waals surface area contributed by atoms with Gasteiger partial charge in [-0.2, -0.15) is 0 Å². The number of hydrogen-bond donors (Lipinski definition) is 3. The quantitative estimate of drug-likeness (QED) is 0.391. The van der Waals surface area contributed by atoms with E-state index >= 15 is 0 Å². The van der Waals surface area contributed by atoms with Gasteiger partial charge < -0.3 is 20.4 Å². The van der Waals surface area contributed by atoms with Crippen LogP contribution in [0.1, 0.15) is 40.9 Å². The fourth-order valence-corrected chi connectivity index (χ4v) is 5.23. The molecule has 2 atom stereocenters. The number of amides is 3. The molecule has 2 aliphatic heterocycles. The van der Waals surface area contributed by atoms with Crippen LogP contribution < -0.4 is 20.3 Å². The van der Waals surface area contributed by atoms with Crippen molar-refractivity contribution < 1.29 is 14.3 Å². The Balaban J connectivity index is 1.14. The lowest BCUT2D eigenvalue weighted by molar-refractivity contribution is 0.0379. The molecule has 7 nitrogen and oxygen atoms in total. The minimum atomic E-state index is -0.815. The van der Waals surface area contributed by atoms with E-state index in [1.807, 2.05) is 55.6 Å². The summed E-state index contributed by atoms with van der Waals surface area (Å²) in [5, 5.41) is 7.26. The van der Waals surface area contributed by atoms with Gasteiger partial charge >= 0.3 is 6.03 Å². The van der Waals surface area contributed by atoms with Crippen molar-refractivity contribution in [3.05, 3.63) is 95.7 Å². The third kappa shape index (κ3) is 3.69. The minimum absolute atomic E-state index is 0.0871. The first-order valence-corrected chi connectivity index (χ1v) is 11.8. The number of aromatic amines is 1. The zero-order chi connectivity index (χ0) is 24.0. The number of rotatable bonds is 5. The fraction of sp³-hybridized carbons (Fsp3) is 0.214. The number of benzene rings is 3. The number of carbonyl (C=O) groups is 2. The van der Waals surface area contributed by atoms with E-state index in [0.717, 1.165) is 23.3 Å². The lowest BCUT2D eigenvalue weighted by Gasteiger charge is -2.50. The van der Waals surface area contributed by atoms with Gasteiger partial charge in [0.05, 0.1) is 6.04 Å². The Kier molecular flexibility index (Phi) is 4.99. The number of urea groups is 1. The van der Waals surface area contributed by atoms with Crippen LogP contribution in [0.2, 0.25) is 0 Å². The standard InChI is InChI=1S/C28H26N4O3/c1-28-16-24(22-7-3-5-9-25(22)35-28)31-27(34)32(28)20-12-10-18(11-13-20)26(33)29-15-14-19-17-30-23-8-4-2-6-21(19)23/h2-13,17,24,30H,14-16H2,1H3,(H,29,33)(H,31,34)/t24-,28-/m1/s1. The molecule has 3 aromatic carbocycles. The zero-order valence-electron chi connectivity index (χ0n) is 19.4. The normalized spacial score (nSPS) is 20.7. The molecule has 0 radical (unpaired) electrons. The molecular weight excluding hydrogens is 440 g/mol. The smallest absolute Gasteiger partial charge is 0.325 e. The maximum absolute atomic E-state index is 13.0. The van der Waals surface area contributed by atoms with Crippen LogP contribution in [0, 0.1) is 0 Å². The molecule has 4 aromatic rings. The van der Waals surface area contributed by atoms with Crippen LogP contribution >= 0.6 is 0 Å². The van der Waals surface area contributed by atoms with Crippen molar-refractivity contribution in [1.29, 1.82) is 0 Å². The Bertz CT molecular complexity index is 1430. The van der Waals surface area contributed by atoms with Gasteiger partial charge in [0.15, 0.2) is 5.72 Å². The van der Waals surface area contributed by atoms with E-state index in [2.05, 4.69) is 21.7 Å². The van der Waals surface area contributed by atoms with E-state index < -0.39 is 5.72 Å². The van der Waals surface area contributed by atoms with Gasteiger partial charge in [0.2, 0.25) is 0 Å². The summed E-state index contributed by atoms with van der Waals surface area (Å²) < 4.78 is 6.31. The van der Waals surface area contributed by atoms with Crippen LogP contribution in [0.3, 0.4) is 0 Å². The molecule has 1 aromatic heterocycles. The third-order valence-electron chi connectivity index (χ3n) is 6.92. The summed E-state index contributed by atoms with van der Waals surface area (Å²) >= 11 is 0. The highest BCUT2D eigenvalue weighted by molar-refractivity contribution is 5.97. The molecule has 1 saturated heterocycles. The van der Waals surface area contributed by atoms with Crippen LogP contribution in [-0.4, -0.2) is 29.2 Å². The molecule has 3 heterocycles. The SMILES string of the molecule is C[C@@]12C[C@@H](NC(=O)N1c1ccc(C(=O)NCCc3c[nH]c4ccccc34)cc1)c1ccccc1O2. The third-order valence-corrected chi connectivity index (χ3v) is 6.92. The molecule has 0 saturated carbocycles. The highest BCUT2D eigenvalue weighted by atomic mass is 16.5. The summed E-state index contributed by atoms with van der Waals surface area (Å²) in [6.45, 7) is 2.46. The predicted octanol–water partition coefficient (Wildman–Crippen LogP) is 4.91. The molecule has 3 amide bonds. The number of para-hydroxylation sites is 2. The van der Waals surface area contributed by atoms with Crippen LogP contribution in [0.5, 0.6) is 5.75 Å². The van der Waals surface area contributed by atoms with E-state index in [1.165, 1.54) is 10.9 Å². The Morgan fingerprint density at radius 1 is 1.09 bits per heavy atom. The number of anilines is 1. The van der Waals surface area contributed by atoms with E-state index in [4.69, 9.17) is 4.74 Å². The molecule has 3 N–H and O–H groups in total. The molecule has 0 spiro atoms. The Labute approximate surface area is 203 Å². The summed E-state index contributed by atoms with van der Waals surface area (Å²) in [5.41, 5.74) is 3.67. The second kappa shape index (κ2) is 8.20. The maximum Gasteiger partial charge on any atom is 0.325 e. The topological polar surface area (TPSA) is 86.5 Å². The first kappa shape index (κ1) is 21.3. The van der Waals surface area contributed by atoms with Gasteiger partial charge in [0, 0.05) is 46.9 Å². The first-order valence-electron chi connectivity index (χ1n) is 11.8. The molecule has 6 rings (SSSR count). The lowest BCUT2D eigenvalue weighted by Crippen LogP contribution is -2.65. The summed E-state index contributed by atoms with van der Waals surface area (Å²) in [7, 11) is 0. The highest BCUT2D eigenvalue weighted by Gasteiger charge is 2.49. The lowest BCUT2D eigenvalue weighted by atomic mass is 9.90. The summed E-state index contributed by atoms with van der Waals surface area (Å²) in [5.74, 6) is 0.635. The van der Waals surface area contributed by atoms with E-state index in [9.17, 15) is 9.59 Å². The van der Waals surface area contributed by atoms with Gasteiger partial charge in [-0.05, 0) is 55.3 Å². The van der Waals surface area contributed by atoms with Crippen LogP contribution in [0.15, 0.2) is 79.0 Å². The van der Waals surface area contributed by atoms with Crippen molar-refractivity contribution >= 4 is 28.5 Å². The average Bonchev–Trinajstić information content (AvgIpc) is 3.27.